The first kappa shape index (κ1) is 16.7. The van der Waals surface area contributed by atoms with Crippen molar-refractivity contribution in [1.29, 1.82) is 0 Å². The smallest absolute Gasteiger partial charge is 0.337 e. The lowest BCUT2D eigenvalue weighted by Gasteiger charge is -2.01. The van der Waals surface area contributed by atoms with Crippen molar-refractivity contribution < 1.29 is 9.90 Å². The molecule has 4 aromatic rings. The van der Waals surface area contributed by atoms with Crippen molar-refractivity contribution in [3.63, 3.8) is 0 Å². The summed E-state index contributed by atoms with van der Waals surface area (Å²) in [6.07, 6.45) is 1.86. The molecule has 0 fully saturated rings. The van der Waals surface area contributed by atoms with Gasteiger partial charge in [-0.15, -0.1) is 10.2 Å². The lowest BCUT2D eigenvalue weighted by Crippen LogP contribution is -1.95. The number of azo groups is 1. The number of carboxylic acid groups (broad SMARTS) is 1. The van der Waals surface area contributed by atoms with Crippen LogP contribution in [0.15, 0.2) is 83.2 Å². The molecule has 0 saturated carbocycles. The molecule has 0 aliphatic carbocycles. The largest absolute Gasteiger partial charge is 0.478 e. The summed E-state index contributed by atoms with van der Waals surface area (Å²) in [6.45, 7) is 2.02. The molecule has 6 nitrogen and oxygen atoms in total. The van der Waals surface area contributed by atoms with Gasteiger partial charge < -0.3 is 5.11 Å². The molecule has 0 unspecified atom stereocenters. The van der Waals surface area contributed by atoms with E-state index in [0.29, 0.717) is 17.2 Å². The maximum atomic E-state index is 11.4. The van der Waals surface area contributed by atoms with Crippen LogP contribution in [-0.2, 0) is 0 Å². The van der Waals surface area contributed by atoms with Crippen LogP contribution in [0.1, 0.15) is 15.9 Å². The van der Waals surface area contributed by atoms with Crippen molar-refractivity contribution >= 4 is 23.1 Å². The van der Waals surface area contributed by atoms with Crippen LogP contribution < -0.4 is 0 Å². The SMILES string of the molecule is Cc1ccc(-c2nc3ccccn3c2N=Nc2ccccc2C(=O)O)cc1. The number of aryl methyl sites for hydroxylation is 1. The van der Waals surface area contributed by atoms with Crippen molar-refractivity contribution in [2.24, 2.45) is 10.2 Å². The van der Waals surface area contributed by atoms with Crippen LogP contribution in [0.4, 0.5) is 11.5 Å². The first-order chi connectivity index (χ1) is 13.1. The number of hydrogen-bond acceptors (Lipinski definition) is 4. The maximum absolute atomic E-state index is 11.4. The van der Waals surface area contributed by atoms with E-state index in [0.717, 1.165) is 16.8 Å². The van der Waals surface area contributed by atoms with Crippen molar-refractivity contribution in [3.05, 3.63) is 84.1 Å². The van der Waals surface area contributed by atoms with Crippen molar-refractivity contribution in [1.82, 2.24) is 9.38 Å². The Bertz CT molecular complexity index is 1160. The number of aromatic carboxylic acids is 1. The van der Waals surface area contributed by atoms with Gasteiger partial charge in [0.1, 0.15) is 17.0 Å². The maximum Gasteiger partial charge on any atom is 0.337 e. The van der Waals surface area contributed by atoms with Crippen LogP contribution in [-0.4, -0.2) is 20.5 Å². The average Bonchev–Trinajstić information content (AvgIpc) is 3.05. The zero-order valence-electron chi connectivity index (χ0n) is 14.6. The lowest BCUT2D eigenvalue weighted by atomic mass is 10.1. The number of hydrogen-bond donors (Lipinski definition) is 1. The van der Waals surface area contributed by atoms with Crippen LogP contribution in [0, 0.1) is 6.92 Å². The Kier molecular flexibility index (Phi) is 4.22. The molecule has 0 spiro atoms. The van der Waals surface area contributed by atoms with Gasteiger partial charge >= 0.3 is 5.97 Å². The first-order valence-electron chi connectivity index (χ1n) is 8.41. The highest BCUT2D eigenvalue weighted by molar-refractivity contribution is 5.93. The summed E-state index contributed by atoms with van der Waals surface area (Å²) in [4.78, 5) is 16.1. The number of nitrogens with zero attached hydrogens (tertiary/aromatic N) is 4. The predicted molar refractivity (Wildman–Crippen MR) is 103 cm³/mol. The topological polar surface area (TPSA) is 79.3 Å². The normalized spacial score (nSPS) is 11.3. The second kappa shape index (κ2) is 6.84. The molecule has 2 aromatic heterocycles. The third-order valence-corrected chi connectivity index (χ3v) is 4.22. The zero-order chi connectivity index (χ0) is 18.8. The third kappa shape index (κ3) is 3.20. The average molecular weight is 356 g/mol. The fourth-order valence-corrected chi connectivity index (χ4v) is 2.83. The quantitative estimate of drug-likeness (QED) is 0.496. The molecule has 0 atom stereocenters. The molecule has 132 valence electrons. The van der Waals surface area contributed by atoms with Gasteiger partial charge in [0.2, 0.25) is 0 Å². The van der Waals surface area contributed by atoms with Gasteiger partial charge in [-0.2, -0.15) is 0 Å². The van der Waals surface area contributed by atoms with Gasteiger partial charge in [0.25, 0.3) is 0 Å². The second-order valence-corrected chi connectivity index (χ2v) is 6.10. The molecular weight excluding hydrogens is 340 g/mol. The van der Waals surface area contributed by atoms with Gasteiger partial charge in [0.05, 0.1) is 5.56 Å². The number of carbonyl (C=O) groups is 1. The molecule has 6 heteroatoms. The fourth-order valence-electron chi connectivity index (χ4n) is 2.83. The Morgan fingerprint density at radius 3 is 2.48 bits per heavy atom. The summed E-state index contributed by atoms with van der Waals surface area (Å²) in [5, 5.41) is 17.9. The predicted octanol–water partition coefficient (Wildman–Crippen LogP) is 5.42. The van der Waals surface area contributed by atoms with Crippen LogP contribution in [0.25, 0.3) is 16.9 Å². The minimum absolute atomic E-state index is 0.104. The molecule has 0 aliphatic heterocycles. The van der Waals surface area contributed by atoms with E-state index in [1.807, 2.05) is 60.0 Å². The summed E-state index contributed by atoms with van der Waals surface area (Å²) >= 11 is 0. The fraction of sp³-hybridized carbons (Fsp3) is 0.0476. The van der Waals surface area contributed by atoms with E-state index in [1.165, 1.54) is 6.07 Å². The Labute approximate surface area is 155 Å². The standard InChI is InChI=1S/C21H16N4O2/c1-14-9-11-15(12-10-14)19-20(25-13-5-4-8-18(25)22-19)24-23-17-7-3-2-6-16(17)21(26)27/h2-13H,1H3,(H,26,27). The van der Waals surface area contributed by atoms with Gasteiger partial charge in [-0.25, -0.2) is 9.78 Å². The van der Waals surface area contributed by atoms with Gasteiger partial charge in [-0.05, 0) is 31.2 Å². The monoisotopic (exact) mass is 356 g/mol. The number of benzene rings is 2. The highest BCUT2D eigenvalue weighted by Gasteiger charge is 2.14. The number of fused-ring (bicyclic) bond motifs is 1. The van der Waals surface area contributed by atoms with Crippen LogP contribution in [0.3, 0.4) is 0 Å². The van der Waals surface area contributed by atoms with Gasteiger partial charge in [-0.3, -0.25) is 4.40 Å². The Morgan fingerprint density at radius 2 is 1.70 bits per heavy atom. The highest BCUT2D eigenvalue weighted by Crippen LogP contribution is 2.32. The molecule has 0 saturated heterocycles. The molecular formula is C21H16N4O2. The summed E-state index contributed by atoms with van der Waals surface area (Å²) < 4.78 is 1.84. The van der Waals surface area contributed by atoms with Crippen LogP contribution >= 0.6 is 0 Å². The Hall–Kier alpha value is -3.80. The summed E-state index contributed by atoms with van der Waals surface area (Å²) in [5.74, 6) is -0.490. The summed E-state index contributed by atoms with van der Waals surface area (Å²) in [5.41, 5.74) is 3.91. The van der Waals surface area contributed by atoms with E-state index >= 15 is 0 Å². The number of rotatable bonds is 4. The number of aromatic nitrogens is 2. The van der Waals surface area contributed by atoms with Crippen molar-refractivity contribution in [3.8, 4) is 11.3 Å². The first-order valence-corrected chi connectivity index (χ1v) is 8.41. The van der Waals surface area contributed by atoms with Crippen LogP contribution in [0.2, 0.25) is 0 Å². The Morgan fingerprint density at radius 1 is 0.963 bits per heavy atom. The van der Waals surface area contributed by atoms with Crippen LogP contribution in [0.5, 0.6) is 0 Å². The van der Waals surface area contributed by atoms with Gasteiger partial charge in [0.15, 0.2) is 5.82 Å². The molecule has 0 aliphatic rings. The summed E-state index contributed by atoms with van der Waals surface area (Å²) in [7, 11) is 0. The molecule has 2 heterocycles. The highest BCUT2D eigenvalue weighted by atomic mass is 16.4. The molecule has 0 radical (unpaired) electrons. The van der Waals surface area contributed by atoms with Crippen molar-refractivity contribution in [2.45, 2.75) is 6.92 Å². The molecule has 0 amide bonds. The van der Waals surface area contributed by atoms with E-state index in [-0.39, 0.29) is 5.56 Å². The van der Waals surface area contributed by atoms with E-state index in [1.54, 1.807) is 18.2 Å². The third-order valence-electron chi connectivity index (χ3n) is 4.22. The molecule has 0 bridgehead atoms. The van der Waals surface area contributed by atoms with E-state index in [9.17, 15) is 9.90 Å². The second-order valence-electron chi connectivity index (χ2n) is 6.10. The number of pyridine rings is 1. The summed E-state index contributed by atoms with van der Waals surface area (Å²) in [6, 6.07) is 20.2. The minimum Gasteiger partial charge on any atom is -0.478 e. The van der Waals surface area contributed by atoms with E-state index in [2.05, 4.69) is 15.2 Å². The molecule has 2 aromatic carbocycles. The minimum atomic E-state index is -1.04. The van der Waals surface area contributed by atoms with Crippen molar-refractivity contribution in [2.75, 3.05) is 0 Å². The molecule has 4 rings (SSSR count). The van der Waals surface area contributed by atoms with Gasteiger partial charge in [0, 0.05) is 11.8 Å². The Balaban J connectivity index is 1.87. The zero-order valence-corrected chi connectivity index (χ0v) is 14.6. The van der Waals surface area contributed by atoms with Gasteiger partial charge in [-0.1, -0.05) is 48.0 Å². The lowest BCUT2D eigenvalue weighted by molar-refractivity contribution is 0.0697. The van der Waals surface area contributed by atoms with E-state index < -0.39 is 5.97 Å². The number of carboxylic acids is 1. The molecule has 27 heavy (non-hydrogen) atoms. The number of imidazole rings is 1. The van der Waals surface area contributed by atoms with E-state index in [4.69, 9.17) is 0 Å². The molecule has 1 N–H and O–H groups in total.